The Balaban J connectivity index is 1.50. The van der Waals surface area contributed by atoms with E-state index in [1.54, 1.807) is 6.92 Å². The van der Waals surface area contributed by atoms with Gasteiger partial charge < -0.3 is 14.8 Å². The Bertz CT molecular complexity index is 1100. The number of benzene rings is 3. The molecule has 5 heteroatoms. The van der Waals surface area contributed by atoms with E-state index in [1.165, 1.54) is 0 Å². The van der Waals surface area contributed by atoms with Crippen LogP contribution < -0.4 is 5.32 Å². The summed E-state index contributed by atoms with van der Waals surface area (Å²) in [5, 5.41) is 3.03. The van der Waals surface area contributed by atoms with Crippen LogP contribution in [0.3, 0.4) is 0 Å². The van der Waals surface area contributed by atoms with Crippen molar-refractivity contribution >= 4 is 12.1 Å². The van der Waals surface area contributed by atoms with Crippen molar-refractivity contribution in [2.75, 3.05) is 6.61 Å². The summed E-state index contributed by atoms with van der Waals surface area (Å²) in [5.74, 6) is -1.13. The number of carbonyl (C=O) groups is 2. The van der Waals surface area contributed by atoms with Gasteiger partial charge in [0.05, 0.1) is 18.6 Å². The predicted octanol–water partition coefficient (Wildman–Crippen LogP) is 4.75. The number of ether oxygens (including phenoxy) is 2. The van der Waals surface area contributed by atoms with E-state index in [1.807, 2.05) is 54.6 Å². The van der Waals surface area contributed by atoms with Crippen LogP contribution in [0.1, 0.15) is 46.6 Å². The van der Waals surface area contributed by atoms with Crippen molar-refractivity contribution in [3.05, 3.63) is 107 Å². The standard InChI is InChI=1S/C27H25NO4/c1-2-31-26(29)24-22-18-12-6-8-14-20(18)23(21-15-9-7-13-19(21)22)25(24)28-27(30)32-16-17-10-4-3-5-11-17/h3-15,22-25H,2,16H2,1H3,(H,28,30)/t22?,23?,24-,25-/m0/s1. The Hall–Kier alpha value is -3.60. The molecule has 162 valence electrons. The monoisotopic (exact) mass is 427 g/mol. The fraction of sp³-hybridized carbons (Fsp3) is 0.259. The van der Waals surface area contributed by atoms with E-state index in [0.29, 0.717) is 6.61 Å². The first-order chi connectivity index (χ1) is 15.7. The summed E-state index contributed by atoms with van der Waals surface area (Å²) < 4.78 is 11.0. The molecule has 2 bridgehead atoms. The van der Waals surface area contributed by atoms with Crippen LogP contribution in [-0.2, 0) is 20.9 Å². The van der Waals surface area contributed by atoms with Gasteiger partial charge in [0.25, 0.3) is 0 Å². The van der Waals surface area contributed by atoms with Crippen LogP contribution in [0, 0.1) is 5.92 Å². The minimum Gasteiger partial charge on any atom is -0.466 e. The van der Waals surface area contributed by atoms with E-state index in [2.05, 4.69) is 29.6 Å². The molecule has 0 saturated heterocycles. The number of fused-ring (bicyclic) bond motifs is 1. The fourth-order valence-corrected chi connectivity index (χ4v) is 5.27. The molecule has 1 amide bonds. The van der Waals surface area contributed by atoms with Crippen LogP contribution in [0.4, 0.5) is 4.79 Å². The molecule has 6 rings (SSSR count). The van der Waals surface area contributed by atoms with Crippen molar-refractivity contribution in [1.82, 2.24) is 5.32 Å². The molecule has 0 aliphatic heterocycles. The summed E-state index contributed by atoms with van der Waals surface area (Å²) in [4.78, 5) is 26.0. The van der Waals surface area contributed by atoms with Gasteiger partial charge in [-0.25, -0.2) is 4.79 Å². The Morgan fingerprint density at radius 3 is 1.84 bits per heavy atom. The number of nitrogens with one attached hydrogen (secondary N) is 1. The molecule has 0 spiro atoms. The quantitative estimate of drug-likeness (QED) is 0.597. The summed E-state index contributed by atoms with van der Waals surface area (Å²) in [7, 11) is 0. The van der Waals surface area contributed by atoms with Crippen LogP contribution in [0.15, 0.2) is 78.9 Å². The highest BCUT2D eigenvalue weighted by atomic mass is 16.5. The summed E-state index contributed by atoms with van der Waals surface area (Å²) in [6.45, 7) is 2.27. The van der Waals surface area contributed by atoms with Gasteiger partial charge >= 0.3 is 12.1 Å². The molecule has 2 atom stereocenters. The highest BCUT2D eigenvalue weighted by Gasteiger charge is 2.53. The van der Waals surface area contributed by atoms with E-state index < -0.39 is 18.1 Å². The van der Waals surface area contributed by atoms with Gasteiger partial charge in [0.15, 0.2) is 0 Å². The molecule has 0 fully saturated rings. The van der Waals surface area contributed by atoms with E-state index in [9.17, 15) is 9.59 Å². The summed E-state index contributed by atoms with van der Waals surface area (Å²) >= 11 is 0. The van der Waals surface area contributed by atoms with Crippen molar-refractivity contribution in [1.29, 1.82) is 0 Å². The molecule has 0 aromatic heterocycles. The Kier molecular flexibility index (Phi) is 5.39. The minimum atomic E-state index is -0.532. The third kappa shape index (κ3) is 3.44. The lowest BCUT2D eigenvalue weighted by atomic mass is 9.56. The van der Waals surface area contributed by atoms with Crippen LogP contribution in [-0.4, -0.2) is 24.7 Å². The molecule has 3 aromatic carbocycles. The average Bonchev–Trinajstić information content (AvgIpc) is 2.83. The topological polar surface area (TPSA) is 64.6 Å². The molecular formula is C27H25NO4. The summed E-state index contributed by atoms with van der Waals surface area (Å²) in [6.07, 6.45) is -0.532. The van der Waals surface area contributed by atoms with Crippen LogP contribution in [0.2, 0.25) is 0 Å². The van der Waals surface area contributed by atoms with Gasteiger partial charge in [0.1, 0.15) is 6.61 Å². The van der Waals surface area contributed by atoms with Gasteiger partial charge in [-0.3, -0.25) is 4.79 Å². The Morgan fingerprint density at radius 2 is 1.28 bits per heavy atom. The van der Waals surface area contributed by atoms with Crippen molar-refractivity contribution in [2.24, 2.45) is 5.92 Å². The zero-order chi connectivity index (χ0) is 22.1. The first-order valence-corrected chi connectivity index (χ1v) is 11.0. The van der Waals surface area contributed by atoms with E-state index >= 15 is 0 Å². The van der Waals surface area contributed by atoms with Crippen LogP contribution in [0.5, 0.6) is 0 Å². The van der Waals surface area contributed by atoms with Crippen molar-refractivity contribution < 1.29 is 19.1 Å². The first-order valence-electron chi connectivity index (χ1n) is 11.0. The number of esters is 1. The molecular weight excluding hydrogens is 402 g/mol. The van der Waals surface area contributed by atoms with Gasteiger partial charge in [-0.05, 0) is 34.7 Å². The van der Waals surface area contributed by atoms with E-state index in [0.717, 1.165) is 27.8 Å². The van der Waals surface area contributed by atoms with E-state index in [-0.39, 0.29) is 24.4 Å². The average molecular weight is 428 g/mol. The molecule has 3 aliphatic carbocycles. The zero-order valence-corrected chi connectivity index (χ0v) is 17.9. The third-order valence-corrected chi connectivity index (χ3v) is 6.49. The molecule has 32 heavy (non-hydrogen) atoms. The molecule has 0 unspecified atom stereocenters. The Morgan fingerprint density at radius 1 is 0.750 bits per heavy atom. The number of hydrogen-bond acceptors (Lipinski definition) is 4. The van der Waals surface area contributed by atoms with Gasteiger partial charge in [-0.15, -0.1) is 0 Å². The highest BCUT2D eigenvalue weighted by molar-refractivity contribution is 5.81. The minimum absolute atomic E-state index is 0.147. The van der Waals surface area contributed by atoms with Crippen molar-refractivity contribution in [3.63, 3.8) is 0 Å². The number of alkyl carbamates (subject to hydrolysis) is 1. The largest absolute Gasteiger partial charge is 0.466 e. The number of rotatable bonds is 5. The molecule has 0 saturated carbocycles. The second-order valence-electron chi connectivity index (χ2n) is 8.22. The van der Waals surface area contributed by atoms with E-state index in [4.69, 9.17) is 9.47 Å². The third-order valence-electron chi connectivity index (χ3n) is 6.49. The molecule has 3 aromatic rings. The second kappa shape index (κ2) is 8.50. The summed E-state index contributed by atoms with van der Waals surface area (Å²) in [5.41, 5.74) is 5.45. The molecule has 0 radical (unpaired) electrons. The van der Waals surface area contributed by atoms with Crippen LogP contribution in [0.25, 0.3) is 0 Å². The number of hydrogen-bond donors (Lipinski definition) is 1. The lowest BCUT2D eigenvalue weighted by molar-refractivity contribution is -0.150. The molecule has 1 N–H and O–H groups in total. The Labute approximate surface area is 187 Å². The van der Waals surface area contributed by atoms with Gasteiger partial charge in [-0.1, -0.05) is 78.9 Å². The summed E-state index contributed by atoms with van der Waals surface area (Å²) in [6, 6.07) is 25.4. The fourth-order valence-electron chi connectivity index (χ4n) is 5.27. The normalized spacial score (nSPS) is 22.4. The van der Waals surface area contributed by atoms with Gasteiger partial charge in [-0.2, -0.15) is 0 Å². The maximum atomic E-state index is 13.2. The smallest absolute Gasteiger partial charge is 0.407 e. The molecule has 3 aliphatic rings. The highest BCUT2D eigenvalue weighted by Crippen LogP contribution is 2.55. The van der Waals surface area contributed by atoms with Crippen molar-refractivity contribution in [2.45, 2.75) is 31.4 Å². The first kappa shape index (κ1) is 20.3. The lowest BCUT2D eigenvalue weighted by Crippen LogP contribution is -2.55. The lowest BCUT2D eigenvalue weighted by Gasteiger charge is -2.49. The van der Waals surface area contributed by atoms with Crippen LogP contribution >= 0.6 is 0 Å². The zero-order valence-electron chi connectivity index (χ0n) is 17.9. The van der Waals surface area contributed by atoms with Gasteiger partial charge in [0.2, 0.25) is 0 Å². The second-order valence-corrected chi connectivity index (χ2v) is 8.22. The number of carbonyl (C=O) groups excluding carboxylic acids is 2. The SMILES string of the molecule is CCOC(=O)[C@H]1C2c3ccccc3C(c3ccccc32)[C@@H]1NC(=O)OCc1ccccc1. The maximum Gasteiger partial charge on any atom is 0.407 e. The maximum absolute atomic E-state index is 13.2. The predicted molar refractivity (Wildman–Crippen MR) is 120 cm³/mol. The molecule has 5 nitrogen and oxygen atoms in total. The van der Waals surface area contributed by atoms with Gasteiger partial charge in [0, 0.05) is 11.8 Å². The number of amides is 1. The van der Waals surface area contributed by atoms with Crippen molar-refractivity contribution in [3.8, 4) is 0 Å². The molecule has 0 heterocycles.